The molecule has 0 radical (unpaired) electrons. The van der Waals surface area contributed by atoms with E-state index in [9.17, 15) is 0 Å². The van der Waals surface area contributed by atoms with Crippen molar-refractivity contribution < 1.29 is 4.74 Å². The van der Waals surface area contributed by atoms with Gasteiger partial charge in [-0.3, -0.25) is 11.3 Å². The van der Waals surface area contributed by atoms with Crippen LogP contribution in [-0.2, 0) is 4.74 Å². The fraction of sp³-hybridized carbons (Fsp3) is 1.00. The Balaban J connectivity index is 3.83. The lowest BCUT2D eigenvalue weighted by Crippen LogP contribution is -2.45. The first-order valence-electron chi connectivity index (χ1n) is 7.37. The number of unbranched alkanes of at least 4 members (excludes halogenated alkanes) is 4. The Hall–Kier alpha value is -0.120. The van der Waals surface area contributed by atoms with Gasteiger partial charge in [-0.15, -0.1) is 0 Å². The van der Waals surface area contributed by atoms with Crippen LogP contribution in [0.3, 0.4) is 0 Å². The third kappa shape index (κ3) is 8.58. The summed E-state index contributed by atoms with van der Waals surface area (Å²) in [7, 11) is 0. The Morgan fingerprint density at radius 3 is 2.18 bits per heavy atom. The number of ether oxygens (including phenoxy) is 1. The molecular formula is C14H32N2O. The van der Waals surface area contributed by atoms with Gasteiger partial charge >= 0.3 is 0 Å². The molecule has 2 unspecified atom stereocenters. The zero-order valence-corrected chi connectivity index (χ0v) is 12.0. The zero-order valence-electron chi connectivity index (χ0n) is 12.0. The fourth-order valence-electron chi connectivity index (χ4n) is 2.24. The maximum absolute atomic E-state index is 5.77. The molecule has 17 heavy (non-hydrogen) atoms. The molecule has 0 saturated heterocycles. The first kappa shape index (κ1) is 16.9. The van der Waals surface area contributed by atoms with Crippen LogP contribution in [0.4, 0.5) is 0 Å². The Morgan fingerprint density at radius 2 is 1.65 bits per heavy atom. The first-order chi connectivity index (χ1) is 8.29. The van der Waals surface area contributed by atoms with Crippen molar-refractivity contribution >= 4 is 0 Å². The molecule has 0 spiro atoms. The van der Waals surface area contributed by atoms with Crippen molar-refractivity contribution in [3.05, 3.63) is 0 Å². The number of rotatable bonds is 12. The maximum atomic E-state index is 5.77. The van der Waals surface area contributed by atoms with E-state index in [2.05, 4.69) is 26.2 Å². The van der Waals surface area contributed by atoms with Crippen LogP contribution in [0, 0.1) is 0 Å². The lowest BCUT2D eigenvalue weighted by Gasteiger charge is -2.26. The highest BCUT2D eigenvalue weighted by atomic mass is 16.5. The van der Waals surface area contributed by atoms with E-state index in [4.69, 9.17) is 10.6 Å². The molecule has 3 nitrogen and oxygen atoms in total. The molecule has 0 aromatic heterocycles. The van der Waals surface area contributed by atoms with Gasteiger partial charge in [-0.05, 0) is 19.8 Å². The average Bonchev–Trinajstić information content (AvgIpc) is 2.34. The summed E-state index contributed by atoms with van der Waals surface area (Å²) >= 11 is 0. The second-order valence-electron chi connectivity index (χ2n) is 4.76. The third-order valence-electron chi connectivity index (χ3n) is 3.24. The van der Waals surface area contributed by atoms with E-state index < -0.39 is 0 Å². The first-order valence-corrected chi connectivity index (χ1v) is 7.37. The second-order valence-corrected chi connectivity index (χ2v) is 4.76. The summed E-state index contributed by atoms with van der Waals surface area (Å²) in [6.45, 7) is 7.27. The summed E-state index contributed by atoms with van der Waals surface area (Å²) in [6.07, 6.45) is 10.2. The molecule has 0 aliphatic rings. The highest BCUT2D eigenvalue weighted by Crippen LogP contribution is 2.14. The minimum atomic E-state index is 0.279. The molecular weight excluding hydrogens is 212 g/mol. The Morgan fingerprint density at radius 1 is 0.941 bits per heavy atom. The second kappa shape index (κ2) is 12.3. The predicted molar refractivity (Wildman–Crippen MR) is 74.8 cm³/mol. The molecule has 104 valence electrons. The van der Waals surface area contributed by atoms with Crippen LogP contribution >= 0.6 is 0 Å². The van der Waals surface area contributed by atoms with Crippen molar-refractivity contribution in [2.45, 2.75) is 84.3 Å². The van der Waals surface area contributed by atoms with Gasteiger partial charge in [0.15, 0.2) is 0 Å². The number of nitrogens with two attached hydrogens (primary N) is 1. The molecule has 0 fully saturated rings. The van der Waals surface area contributed by atoms with Crippen LogP contribution in [0.1, 0.15) is 72.1 Å². The summed E-state index contributed by atoms with van der Waals surface area (Å²) in [6, 6.07) is 0.316. The minimum Gasteiger partial charge on any atom is -0.377 e. The standard InChI is InChI=1S/C14H32N2O/c1-4-7-8-9-10-12-13(16-15)14(11-5-2)17-6-3/h13-14,16H,4-12,15H2,1-3H3. The van der Waals surface area contributed by atoms with Gasteiger partial charge in [-0.2, -0.15) is 0 Å². The van der Waals surface area contributed by atoms with E-state index in [1.807, 2.05) is 0 Å². The van der Waals surface area contributed by atoms with E-state index in [1.54, 1.807) is 0 Å². The highest BCUT2D eigenvalue weighted by Gasteiger charge is 2.19. The van der Waals surface area contributed by atoms with Crippen LogP contribution < -0.4 is 11.3 Å². The van der Waals surface area contributed by atoms with Gasteiger partial charge in [0.05, 0.1) is 6.10 Å². The van der Waals surface area contributed by atoms with Gasteiger partial charge in [0.1, 0.15) is 0 Å². The largest absolute Gasteiger partial charge is 0.377 e. The summed E-state index contributed by atoms with van der Waals surface area (Å²) < 4.78 is 5.77. The van der Waals surface area contributed by atoms with Crippen molar-refractivity contribution in [1.29, 1.82) is 0 Å². The topological polar surface area (TPSA) is 47.3 Å². The summed E-state index contributed by atoms with van der Waals surface area (Å²) in [4.78, 5) is 0. The van der Waals surface area contributed by atoms with Gasteiger partial charge in [0.25, 0.3) is 0 Å². The quantitative estimate of drug-likeness (QED) is 0.314. The lowest BCUT2D eigenvalue weighted by molar-refractivity contribution is 0.0252. The summed E-state index contributed by atoms with van der Waals surface area (Å²) in [5, 5.41) is 0. The molecule has 0 bridgehead atoms. The van der Waals surface area contributed by atoms with E-state index in [1.165, 1.54) is 32.1 Å². The molecule has 0 aliphatic heterocycles. The summed E-state index contributed by atoms with van der Waals surface area (Å²) in [5.41, 5.74) is 2.94. The molecule has 0 amide bonds. The highest BCUT2D eigenvalue weighted by molar-refractivity contribution is 4.75. The monoisotopic (exact) mass is 244 g/mol. The number of hydrogen-bond donors (Lipinski definition) is 2. The molecule has 3 N–H and O–H groups in total. The normalized spacial score (nSPS) is 14.8. The van der Waals surface area contributed by atoms with Crippen molar-refractivity contribution in [2.24, 2.45) is 5.84 Å². The van der Waals surface area contributed by atoms with E-state index in [-0.39, 0.29) is 6.10 Å². The zero-order chi connectivity index (χ0) is 12.9. The Labute approximate surface area is 107 Å². The van der Waals surface area contributed by atoms with Crippen molar-refractivity contribution in [2.75, 3.05) is 6.61 Å². The van der Waals surface area contributed by atoms with E-state index in [0.717, 1.165) is 25.9 Å². The summed E-state index contributed by atoms with van der Waals surface area (Å²) in [5.74, 6) is 5.65. The van der Waals surface area contributed by atoms with Crippen LogP contribution in [0.15, 0.2) is 0 Å². The maximum Gasteiger partial charge on any atom is 0.0741 e. The smallest absolute Gasteiger partial charge is 0.0741 e. The van der Waals surface area contributed by atoms with E-state index >= 15 is 0 Å². The Bertz CT molecular complexity index is 147. The average molecular weight is 244 g/mol. The predicted octanol–water partition coefficient (Wildman–Crippen LogP) is 3.38. The molecule has 2 atom stereocenters. The van der Waals surface area contributed by atoms with Crippen molar-refractivity contribution in [3.8, 4) is 0 Å². The molecule has 0 rings (SSSR count). The Kier molecular flexibility index (Phi) is 12.3. The van der Waals surface area contributed by atoms with Gasteiger partial charge in [-0.25, -0.2) is 0 Å². The SMILES string of the molecule is CCCCCCCC(NN)C(CCC)OCC. The molecule has 0 aromatic carbocycles. The van der Waals surface area contributed by atoms with Crippen LogP contribution in [0.5, 0.6) is 0 Å². The number of nitrogens with one attached hydrogen (secondary N) is 1. The third-order valence-corrected chi connectivity index (χ3v) is 3.24. The van der Waals surface area contributed by atoms with Gasteiger partial charge in [0, 0.05) is 12.6 Å². The van der Waals surface area contributed by atoms with Crippen molar-refractivity contribution in [3.63, 3.8) is 0 Å². The van der Waals surface area contributed by atoms with Gasteiger partial charge in [-0.1, -0.05) is 52.4 Å². The molecule has 0 heterocycles. The number of hydrogen-bond acceptors (Lipinski definition) is 3. The fourth-order valence-corrected chi connectivity index (χ4v) is 2.24. The van der Waals surface area contributed by atoms with Crippen LogP contribution in [-0.4, -0.2) is 18.8 Å². The molecule has 3 heteroatoms. The molecule has 0 aromatic rings. The van der Waals surface area contributed by atoms with Gasteiger partial charge < -0.3 is 4.74 Å². The van der Waals surface area contributed by atoms with Crippen molar-refractivity contribution in [1.82, 2.24) is 5.43 Å². The van der Waals surface area contributed by atoms with Crippen LogP contribution in [0.25, 0.3) is 0 Å². The number of hydrazine groups is 1. The van der Waals surface area contributed by atoms with Crippen LogP contribution in [0.2, 0.25) is 0 Å². The van der Waals surface area contributed by atoms with E-state index in [0.29, 0.717) is 6.04 Å². The van der Waals surface area contributed by atoms with Gasteiger partial charge in [0.2, 0.25) is 0 Å². The lowest BCUT2D eigenvalue weighted by atomic mass is 9.99. The minimum absolute atomic E-state index is 0.279. The molecule has 0 saturated carbocycles. The molecule has 0 aliphatic carbocycles.